The van der Waals surface area contributed by atoms with Crippen molar-refractivity contribution in [3.63, 3.8) is 0 Å². The summed E-state index contributed by atoms with van der Waals surface area (Å²) < 4.78 is 0. The molecule has 1 amide bonds. The minimum atomic E-state index is 0.0240. The van der Waals surface area contributed by atoms with Crippen LogP contribution in [0, 0.1) is 0 Å². The van der Waals surface area contributed by atoms with Gasteiger partial charge in [-0.3, -0.25) is 4.79 Å². The van der Waals surface area contributed by atoms with E-state index in [0.717, 1.165) is 17.7 Å². The third-order valence-corrected chi connectivity index (χ3v) is 5.24. The lowest BCUT2D eigenvalue weighted by Crippen LogP contribution is -2.16. The van der Waals surface area contributed by atoms with E-state index < -0.39 is 0 Å². The van der Waals surface area contributed by atoms with Crippen LogP contribution in [0.15, 0.2) is 22.6 Å². The van der Waals surface area contributed by atoms with Crippen LogP contribution in [0.4, 0.5) is 0 Å². The molecule has 4 heteroatoms. The number of carbonyl (C=O) groups is 1. The molecule has 0 aliphatic rings. The van der Waals surface area contributed by atoms with Gasteiger partial charge >= 0.3 is 0 Å². The number of nitrogens with zero attached hydrogens (tertiary/aromatic N) is 1. The van der Waals surface area contributed by atoms with Crippen LogP contribution < -0.4 is 5.43 Å². The van der Waals surface area contributed by atoms with Crippen molar-refractivity contribution in [2.45, 2.75) is 96.8 Å². The molecule has 0 aromatic carbocycles. The van der Waals surface area contributed by atoms with Crippen LogP contribution in [0.2, 0.25) is 0 Å². The average molecular weight is 365 g/mol. The van der Waals surface area contributed by atoms with Crippen molar-refractivity contribution in [2.75, 3.05) is 0 Å². The molecule has 0 saturated carbocycles. The molecular weight excluding hydrogens is 328 g/mol. The first kappa shape index (κ1) is 21.9. The summed E-state index contributed by atoms with van der Waals surface area (Å²) in [6.45, 7) is 2.27. The number of carbonyl (C=O) groups excluding carboxylic acids is 1. The summed E-state index contributed by atoms with van der Waals surface area (Å²) >= 11 is 1.61. The van der Waals surface area contributed by atoms with E-state index >= 15 is 0 Å². The summed E-state index contributed by atoms with van der Waals surface area (Å²) in [6, 6.07) is 3.95. The molecule has 1 rings (SSSR count). The molecule has 0 atom stereocenters. The summed E-state index contributed by atoms with van der Waals surface area (Å²) in [6.07, 6.45) is 19.5. The van der Waals surface area contributed by atoms with Crippen molar-refractivity contribution < 1.29 is 4.79 Å². The number of unbranched alkanes of at least 4 members (excludes halogenated alkanes) is 12. The molecule has 3 nitrogen and oxygen atoms in total. The zero-order valence-corrected chi connectivity index (χ0v) is 16.8. The predicted molar refractivity (Wildman–Crippen MR) is 110 cm³/mol. The second kappa shape index (κ2) is 16.3. The average Bonchev–Trinajstić information content (AvgIpc) is 3.12. The van der Waals surface area contributed by atoms with Crippen molar-refractivity contribution in [3.05, 3.63) is 22.4 Å². The lowest BCUT2D eigenvalue weighted by atomic mass is 10.0. The van der Waals surface area contributed by atoms with Crippen LogP contribution >= 0.6 is 11.3 Å². The van der Waals surface area contributed by atoms with Crippen molar-refractivity contribution in [2.24, 2.45) is 5.10 Å². The molecule has 1 aromatic rings. The minimum Gasteiger partial charge on any atom is -0.273 e. The first-order valence-corrected chi connectivity index (χ1v) is 11.1. The first-order valence-electron chi connectivity index (χ1n) is 10.2. The van der Waals surface area contributed by atoms with Gasteiger partial charge in [0.1, 0.15) is 0 Å². The van der Waals surface area contributed by atoms with E-state index in [1.165, 1.54) is 70.6 Å². The van der Waals surface area contributed by atoms with Crippen molar-refractivity contribution in [3.8, 4) is 0 Å². The molecule has 25 heavy (non-hydrogen) atoms. The topological polar surface area (TPSA) is 41.5 Å². The summed E-state index contributed by atoms with van der Waals surface area (Å²) in [4.78, 5) is 12.7. The van der Waals surface area contributed by atoms with E-state index in [1.807, 2.05) is 17.5 Å². The highest BCUT2D eigenvalue weighted by Gasteiger charge is 1.99. The standard InChI is InChI=1S/C21H36N2OS/c1-2-3-4-5-6-7-8-9-10-11-12-13-14-17-21(24)23-22-19-20-16-15-18-25-20/h15-16,18-19H,2-14,17H2,1H3,(H,23,24). The summed E-state index contributed by atoms with van der Waals surface area (Å²) in [7, 11) is 0. The van der Waals surface area contributed by atoms with Gasteiger partial charge in [-0.1, -0.05) is 90.0 Å². The molecule has 0 aliphatic heterocycles. The van der Waals surface area contributed by atoms with Crippen LogP contribution in [-0.2, 0) is 4.79 Å². The maximum atomic E-state index is 11.7. The number of hydrazone groups is 1. The monoisotopic (exact) mass is 364 g/mol. The second-order valence-electron chi connectivity index (χ2n) is 6.80. The Bertz CT molecular complexity index is 443. The van der Waals surface area contributed by atoms with Crippen LogP contribution in [0.3, 0.4) is 0 Å². The molecule has 0 saturated heterocycles. The normalized spacial score (nSPS) is 11.2. The summed E-state index contributed by atoms with van der Waals surface area (Å²) in [5.41, 5.74) is 2.60. The highest BCUT2D eigenvalue weighted by atomic mass is 32.1. The van der Waals surface area contributed by atoms with E-state index in [4.69, 9.17) is 0 Å². The highest BCUT2D eigenvalue weighted by Crippen LogP contribution is 2.12. The lowest BCUT2D eigenvalue weighted by molar-refractivity contribution is -0.121. The highest BCUT2D eigenvalue weighted by molar-refractivity contribution is 7.11. The smallest absolute Gasteiger partial charge is 0.240 e. The fourth-order valence-electron chi connectivity index (χ4n) is 2.89. The van der Waals surface area contributed by atoms with Crippen LogP contribution in [0.1, 0.15) is 102 Å². The van der Waals surface area contributed by atoms with Gasteiger partial charge in [0.25, 0.3) is 0 Å². The van der Waals surface area contributed by atoms with Gasteiger partial charge in [0.15, 0.2) is 0 Å². The van der Waals surface area contributed by atoms with Gasteiger partial charge in [-0.2, -0.15) is 5.10 Å². The maximum absolute atomic E-state index is 11.7. The molecule has 0 fully saturated rings. The molecule has 0 aliphatic carbocycles. The number of hydrogen-bond donors (Lipinski definition) is 1. The number of nitrogens with one attached hydrogen (secondary N) is 1. The van der Waals surface area contributed by atoms with Gasteiger partial charge in [0, 0.05) is 11.3 Å². The van der Waals surface area contributed by atoms with E-state index in [2.05, 4.69) is 17.5 Å². The summed E-state index contributed by atoms with van der Waals surface area (Å²) in [5, 5.41) is 5.98. The van der Waals surface area contributed by atoms with Crippen LogP contribution in [0.5, 0.6) is 0 Å². The Morgan fingerprint density at radius 1 is 0.960 bits per heavy atom. The molecule has 0 bridgehead atoms. The van der Waals surface area contributed by atoms with Gasteiger partial charge in [-0.05, 0) is 17.9 Å². The van der Waals surface area contributed by atoms with Crippen molar-refractivity contribution in [1.82, 2.24) is 5.43 Å². The quantitative estimate of drug-likeness (QED) is 0.198. The fourth-order valence-corrected chi connectivity index (χ4v) is 3.48. The molecule has 0 spiro atoms. The number of amides is 1. The predicted octanol–water partition coefficient (Wildman–Crippen LogP) is 6.68. The Kier molecular flexibility index (Phi) is 14.3. The Morgan fingerprint density at radius 2 is 1.52 bits per heavy atom. The Hall–Kier alpha value is -1.16. The molecule has 1 aromatic heterocycles. The SMILES string of the molecule is CCCCCCCCCCCCCCCC(=O)NN=Cc1cccs1. The Labute approximate surface area is 158 Å². The van der Waals surface area contributed by atoms with E-state index in [-0.39, 0.29) is 5.91 Å². The maximum Gasteiger partial charge on any atom is 0.240 e. The number of rotatable bonds is 16. The van der Waals surface area contributed by atoms with Crippen LogP contribution in [-0.4, -0.2) is 12.1 Å². The van der Waals surface area contributed by atoms with Crippen molar-refractivity contribution in [1.29, 1.82) is 0 Å². The molecule has 0 radical (unpaired) electrons. The summed E-state index contributed by atoms with van der Waals surface area (Å²) in [5.74, 6) is 0.0240. The third-order valence-electron chi connectivity index (χ3n) is 4.43. The fraction of sp³-hybridized carbons (Fsp3) is 0.714. The van der Waals surface area contributed by atoms with Gasteiger partial charge in [0.05, 0.1) is 6.21 Å². The van der Waals surface area contributed by atoms with Crippen LogP contribution in [0.25, 0.3) is 0 Å². The Balaban J connectivity index is 1.80. The van der Waals surface area contributed by atoms with Gasteiger partial charge in [-0.25, -0.2) is 5.43 Å². The first-order chi connectivity index (χ1) is 12.3. The zero-order valence-electron chi connectivity index (χ0n) is 16.0. The van der Waals surface area contributed by atoms with E-state index in [9.17, 15) is 4.79 Å². The third kappa shape index (κ3) is 13.8. The molecule has 142 valence electrons. The van der Waals surface area contributed by atoms with Gasteiger partial charge in [0.2, 0.25) is 5.91 Å². The molecule has 0 unspecified atom stereocenters. The van der Waals surface area contributed by atoms with Gasteiger partial charge < -0.3 is 0 Å². The lowest BCUT2D eigenvalue weighted by Gasteiger charge is -2.03. The number of thiophene rings is 1. The second-order valence-corrected chi connectivity index (χ2v) is 7.78. The molecule has 1 heterocycles. The van der Waals surface area contributed by atoms with Crippen molar-refractivity contribution >= 4 is 23.5 Å². The van der Waals surface area contributed by atoms with Gasteiger partial charge in [-0.15, -0.1) is 11.3 Å². The zero-order chi connectivity index (χ0) is 18.0. The largest absolute Gasteiger partial charge is 0.273 e. The Morgan fingerprint density at radius 3 is 2.04 bits per heavy atom. The van der Waals surface area contributed by atoms with E-state index in [0.29, 0.717) is 6.42 Å². The number of hydrogen-bond acceptors (Lipinski definition) is 3. The van der Waals surface area contributed by atoms with E-state index in [1.54, 1.807) is 17.6 Å². The minimum absolute atomic E-state index is 0.0240. The molecular formula is C21H36N2OS. The molecule has 1 N–H and O–H groups in total.